The molecule has 1 spiro atoms. The van der Waals surface area contributed by atoms with Crippen LogP contribution in [0.15, 0.2) is 35.9 Å². The van der Waals surface area contributed by atoms with E-state index in [1.54, 1.807) is 5.57 Å². The Hall–Kier alpha value is -2.06. The summed E-state index contributed by atoms with van der Waals surface area (Å²) in [5.74, 6) is -4.76. The molecule has 4 rings (SSSR count). The summed E-state index contributed by atoms with van der Waals surface area (Å²) in [6.07, 6.45) is 0.111. The van der Waals surface area contributed by atoms with E-state index >= 15 is 0 Å². The van der Waals surface area contributed by atoms with E-state index in [9.17, 15) is 26.3 Å². The Bertz CT molecular complexity index is 971. The van der Waals surface area contributed by atoms with Crippen LogP contribution < -0.4 is 5.32 Å². The maximum atomic E-state index is 10.6. The third kappa shape index (κ3) is 13.1. The maximum Gasteiger partial charge on any atom is 0.490 e. The number of aliphatic carboxylic acids is 2. The second-order valence-corrected chi connectivity index (χ2v) is 10.4. The molecule has 0 bridgehead atoms. The molecule has 2 saturated carbocycles. The van der Waals surface area contributed by atoms with Crippen LogP contribution in [0.4, 0.5) is 26.3 Å². The van der Waals surface area contributed by atoms with E-state index in [1.165, 1.54) is 50.8 Å². The number of halogens is 8. The molecule has 2 aliphatic carbocycles. The number of carboxylic acid groups (broad SMARTS) is 2. The number of aliphatic hydroxyl groups excluding tert-OH is 1. The fraction of sp³-hybridized carbons (Fsp3) is 0.630. The van der Waals surface area contributed by atoms with Crippen LogP contribution >= 0.6 is 24.8 Å². The third-order valence-electron chi connectivity index (χ3n) is 7.45. The highest BCUT2D eigenvalue weighted by Crippen LogP contribution is 2.50. The minimum Gasteiger partial charge on any atom is -0.475 e. The van der Waals surface area contributed by atoms with E-state index in [1.807, 2.05) is 0 Å². The molecule has 42 heavy (non-hydrogen) atoms. The van der Waals surface area contributed by atoms with Gasteiger partial charge in [-0.1, -0.05) is 48.9 Å². The number of benzene rings is 1. The molecule has 2 atom stereocenters. The highest BCUT2D eigenvalue weighted by atomic mass is 35.5. The molecule has 4 N–H and O–H groups in total. The molecular weight excluding hydrogens is 617 g/mol. The smallest absolute Gasteiger partial charge is 0.475 e. The van der Waals surface area contributed by atoms with Gasteiger partial charge in [-0.2, -0.15) is 26.3 Å². The molecule has 0 aromatic heterocycles. The number of nitrogens with zero attached hydrogens (tertiary/aromatic N) is 1. The minimum absolute atomic E-state index is 0. The molecular formula is C27H38Cl2F6N2O5. The first-order chi connectivity index (χ1) is 18.6. The quantitative estimate of drug-likeness (QED) is 0.275. The van der Waals surface area contributed by atoms with E-state index in [0.29, 0.717) is 18.1 Å². The van der Waals surface area contributed by atoms with Crippen molar-refractivity contribution in [1.29, 1.82) is 0 Å². The first-order valence-electron chi connectivity index (χ1n) is 13.0. The van der Waals surface area contributed by atoms with Gasteiger partial charge in [-0.25, -0.2) is 9.59 Å². The Kier molecular flexibility index (Phi) is 16.4. The van der Waals surface area contributed by atoms with Gasteiger partial charge in [-0.15, -0.1) is 24.8 Å². The molecule has 3 aliphatic rings. The fourth-order valence-corrected chi connectivity index (χ4v) is 5.23. The second kappa shape index (κ2) is 17.3. The van der Waals surface area contributed by atoms with Crippen LogP contribution in [0.3, 0.4) is 0 Å². The average molecular weight is 656 g/mol. The Morgan fingerprint density at radius 1 is 0.976 bits per heavy atom. The summed E-state index contributed by atoms with van der Waals surface area (Å²) >= 11 is 0. The number of likely N-dealkylation sites (tertiary alicyclic amines) is 1. The Balaban J connectivity index is 0.000000884. The summed E-state index contributed by atoms with van der Waals surface area (Å²) in [7, 11) is 0. The zero-order valence-electron chi connectivity index (χ0n) is 23.0. The molecule has 242 valence electrons. The van der Waals surface area contributed by atoms with Gasteiger partial charge in [0.1, 0.15) is 0 Å². The molecule has 0 unspecified atom stereocenters. The monoisotopic (exact) mass is 654 g/mol. The van der Waals surface area contributed by atoms with Crippen LogP contribution in [0.25, 0.3) is 6.08 Å². The van der Waals surface area contributed by atoms with Crippen LogP contribution in [-0.2, 0) is 9.59 Å². The summed E-state index contributed by atoms with van der Waals surface area (Å²) in [5.41, 5.74) is 3.56. The number of piperidine rings is 1. The number of nitrogens with one attached hydrogen (secondary N) is 1. The SMILES string of the molecule is CC/C(=C\c1ccccc1)[C@H]1C[C@@H]1NC1CC2(CCN(CCO)CC2)C1.Cl.Cl.O=C(O)C(F)(F)F.O=C(O)C(F)(F)F. The largest absolute Gasteiger partial charge is 0.490 e. The lowest BCUT2D eigenvalue weighted by Crippen LogP contribution is -2.54. The van der Waals surface area contributed by atoms with Gasteiger partial charge in [0.15, 0.2) is 0 Å². The number of hydrogen-bond acceptors (Lipinski definition) is 5. The second-order valence-electron chi connectivity index (χ2n) is 10.4. The van der Waals surface area contributed by atoms with Crippen molar-refractivity contribution in [2.24, 2.45) is 11.3 Å². The number of carbonyl (C=O) groups is 2. The van der Waals surface area contributed by atoms with Gasteiger partial charge in [-0.05, 0) is 68.5 Å². The lowest BCUT2D eigenvalue weighted by Gasteiger charge is -2.52. The van der Waals surface area contributed by atoms with Gasteiger partial charge in [0.2, 0.25) is 0 Å². The minimum atomic E-state index is -5.08. The van der Waals surface area contributed by atoms with Gasteiger partial charge >= 0.3 is 24.3 Å². The predicted molar refractivity (Wildman–Crippen MR) is 150 cm³/mol. The van der Waals surface area contributed by atoms with Crippen molar-refractivity contribution < 1.29 is 51.3 Å². The Morgan fingerprint density at radius 3 is 1.86 bits per heavy atom. The van der Waals surface area contributed by atoms with Crippen molar-refractivity contribution in [2.45, 2.75) is 69.9 Å². The normalized spacial score (nSPS) is 21.7. The molecule has 1 aromatic rings. The number of alkyl halides is 6. The predicted octanol–water partition coefficient (Wildman–Crippen LogP) is 5.81. The molecule has 1 saturated heterocycles. The highest BCUT2D eigenvalue weighted by molar-refractivity contribution is 5.85. The molecule has 1 aliphatic heterocycles. The standard InChI is InChI=1S/C23H34N2O.2C2HF3O2.2ClH/c1-2-19(14-18-6-4-3-5-7-18)21-15-22(21)24-20-16-23(17-20)8-10-25(11-9-23)12-13-26;2*3-2(4,5)1(6)7;;/h3-7,14,20-22,24,26H,2,8-13,15-17H2,1H3;2*(H,6,7);2*1H/b19-14+;;;;/t21-,22+;;;;/m1..../s1. The summed E-state index contributed by atoms with van der Waals surface area (Å²) in [5, 5.41) is 27.3. The fourth-order valence-electron chi connectivity index (χ4n) is 5.23. The Labute approximate surface area is 253 Å². The number of aliphatic hydroxyl groups is 1. The van der Waals surface area contributed by atoms with Crippen molar-refractivity contribution >= 4 is 42.8 Å². The molecule has 0 radical (unpaired) electrons. The van der Waals surface area contributed by atoms with E-state index < -0.39 is 24.3 Å². The van der Waals surface area contributed by atoms with Crippen LogP contribution in [0.5, 0.6) is 0 Å². The molecule has 15 heteroatoms. The van der Waals surface area contributed by atoms with Gasteiger partial charge in [0, 0.05) is 18.6 Å². The molecule has 0 amide bonds. The zero-order valence-corrected chi connectivity index (χ0v) is 24.6. The lowest BCUT2D eigenvalue weighted by molar-refractivity contribution is -0.193. The number of carboxylic acids is 2. The van der Waals surface area contributed by atoms with Gasteiger partial charge in [0.25, 0.3) is 0 Å². The Morgan fingerprint density at radius 2 is 1.45 bits per heavy atom. The van der Waals surface area contributed by atoms with E-state index in [2.05, 4.69) is 53.5 Å². The average Bonchev–Trinajstić information content (AvgIpc) is 3.62. The molecule has 1 aromatic carbocycles. The van der Waals surface area contributed by atoms with Crippen molar-refractivity contribution in [2.75, 3.05) is 26.2 Å². The van der Waals surface area contributed by atoms with Gasteiger partial charge in [0.05, 0.1) is 6.61 Å². The lowest BCUT2D eigenvalue weighted by atomic mass is 9.60. The van der Waals surface area contributed by atoms with Crippen molar-refractivity contribution in [3.8, 4) is 0 Å². The topological polar surface area (TPSA) is 110 Å². The first kappa shape index (κ1) is 39.9. The molecule has 3 fully saturated rings. The van der Waals surface area contributed by atoms with Crippen molar-refractivity contribution in [3.63, 3.8) is 0 Å². The van der Waals surface area contributed by atoms with Crippen molar-refractivity contribution in [3.05, 3.63) is 41.5 Å². The van der Waals surface area contributed by atoms with Gasteiger partial charge < -0.3 is 25.5 Å². The van der Waals surface area contributed by atoms with E-state index in [-0.39, 0.29) is 24.8 Å². The maximum absolute atomic E-state index is 10.6. The highest BCUT2D eigenvalue weighted by Gasteiger charge is 2.49. The van der Waals surface area contributed by atoms with Crippen LogP contribution in [-0.4, -0.2) is 82.8 Å². The molecule has 1 heterocycles. The number of hydrogen-bond donors (Lipinski definition) is 4. The van der Waals surface area contributed by atoms with Crippen LogP contribution in [0.2, 0.25) is 0 Å². The summed E-state index contributed by atoms with van der Waals surface area (Å²) in [6, 6.07) is 12.2. The van der Waals surface area contributed by atoms with Crippen LogP contribution in [0.1, 0.15) is 51.0 Å². The summed E-state index contributed by atoms with van der Waals surface area (Å²) in [4.78, 5) is 20.2. The zero-order chi connectivity index (χ0) is 30.1. The first-order valence-corrected chi connectivity index (χ1v) is 13.0. The summed E-state index contributed by atoms with van der Waals surface area (Å²) in [6.45, 7) is 5.81. The van der Waals surface area contributed by atoms with E-state index in [0.717, 1.165) is 24.9 Å². The van der Waals surface area contributed by atoms with Crippen molar-refractivity contribution in [1.82, 2.24) is 10.2 Å². The van der Waals surface area contributed by atoms with Gasteiger partial charge in [-0.3, -0.25) is 0 Å². The number of β-amino-alcohol motifs (C(OH)–C–C–N with tert-alkyl or cyclic N) is 1. The van der Waals surface area contributed by atoms with E-state index in [4.69, 9.17) is 24.9 Å². The third-order valence-corrected chi connectivity index (χ3v) is 7.45. The molecule has 7 nitrogen and oxygen atoms in total. The summed E-state index contributed by atoms with van der Waals surface area (Å²) < 4.78 is 63.5. The van der Waals surface area contributed by atoms with Crippen LogP contribution in [0, 0.1) is 11.3 Å². The number of rotatable bonds is 7.